The zero-order chi connectivity index (χ0) is 18.6. The molecular formula is C19H13F4NO2. The summed E-state index contributed by atoms with van der Waals surface area (Å²) in [6.45, 7) is 0.190. The highest BCUT2D eigenvalue weighted by molar-refractivity contribution is 5.66. The topological polar surface area (TPSA) is 35.3 Å². The Bertz CT molecular complexity index is 901. The molecule has 0 saturated heterocycles. The second-order valence-corrected chi connectivity index (χ2v) is 5.35. The zero-order valence-electron chi connectivity index (χ0n) is 13.3. The van der Waals surface area contributed by atoms with E-state index in [0.29, 0.717) is 17.5 Å². The zero-order valence-corrected chi connectivity index (χ0v) is 13.3. The van der Waals surface area contributed by atoms with Crippen molar-refractivity contribution in [2.24, 2.45) is 0 Å². The quantitative estimate of drug-likeness (QED) is 0.555. The molecule has 3 nitrogen and oxygen atoms in total. The highest BCUT2D eigenvalue weighted by Gasteiger charge is 2.30. The van der Waals surface area contributed by atoms with Crippen molar-refractivity contribution in [3.8, 4) is 5.75 Å². The minimum absolute atomic E-state index is 0.00159. The van der Waals surface area contributed by atoms with E-state index >= 15 is 0 Å². The number of oxazole rings is 1. The first-order valence-electron chi connectivity index (χ1n) is 7.59. The number of hydrogen-bond acceptors (Lipinski definition) is 3. The van der Waals surface area contributed by atoms with E-state index in [1.807, 2.05) is 18.2 Å². The van der Waals surface area contributed by atoms with Crippen molar-refractivity contribution in [3.63, 3.8) is 0 Å². The van der Waals surface area contributed by atoms with E-state index in [2.05, 4.69) is 4.98 Å². The van der Waals surface area contributed by atoms with Crippen molar-refractivity contribution < 1.29 is 26.7 Å². The number of para-hydroxylation sites is 1. The third-order valence-corrected chi connectivity index (χ3v) is 3.43. The van der Waals surface area contributed by atoms with Crippen LogP contribution in [0.1, 0.15) is 22.7 Å². The van der Waals surface area contributed by atoms with Gasteiger partial charge in [0, 0.05) is 11.6 Å². The van der Waals surface area contributed by atoms with Crippen molar-refractivity contribution in [1.29, 1.82) is 0 Å². The minimum Gasteiger partial charge on any atom is -0.487 e. The summed E-state index contributed by atoms with van der Waals surface area (Å²) in [7, 11) is 0. The van der Waals surface area contributed by atoms with Crippen LogP contribution in [0.15, 0.2) is 59.2 Å². The fraction of sp³-hybridized carbons (Fsp3) is 0.105. The molecule has 0 aliphatic carbocycles. The van der Waals surface area contributed by atoms with E-state index in [4.69, 9.17) is 9.15 Å². The Kier molecular flexibility index (Phi) is 5.06. The van der Waals surface area contributed by atoms with Gasteiger partial charge in [-0.05, 0) is 30.3 Å². The van der Waals surface area contributed by atoms with Gasteiger partial charge in [-0.3, -0.25) is 0 Å². The van der Waals surface area contributed by atoms with Gasteiger partial charge in [0.2, 0.25) is 5.89 Å². The molecule has 26 heavy (non-hydrogen) atoms. The molecule has 7 heteroatoms. The van der Waals surface area contributed by atoms with Crippen molar-refractivity contribution in [2.45, 2.75) is 12.8 Å². The summed E-state index contributed by atoms with van der Waals surface area (Å²) < 4.78 is 62.1. The van der Waals surface area contributed by atoms with Crippen LogP contribution in [0.3, 0.4) is 0 Å². The predicted octanol–water partition coefficient (Wildman–Crippen LogP) is 5.58. The molecule has 0 amide bonds. The fourth-order valence-electron chi connectivity index (χ4n) is 2.14. The summed E-state index contributed by atoms with van der Waals surface area (Å²) >= 11 is 0. The Labute approximate surface area is 146 Å². The van der Waals surface area contributed by atoms with E-state index in [1.54, 1.807) is 12.1 Å². The van der Waals surface area contributed by atoms with Gasteiger partial charge in [0.1, 0.15) is 30.1 Å². The summed E-state index contributed by atoms with van der Waals surface area (Å²) in [5.74, 6) is -0.106. The maximum Gasteiger partial charge on any atom is 0.416 e. The van der Waals surface area contributed by atoms with Gasteiger partial charge in [-0.15, -0.1) is 0 Å². The highest BCUT2D eigenvalue weighted by Crippen LogP contribution is 2.30. The molecule has 0 N–H and O–H groups in total. The molecule has 3 aromatic rings. The smallest absolute Gasteiger partial charge is 0.416 e. The van der Waals surface area contributed by atoms with E-state index in [1.165, 1.54) is 18.4 Å². The number of hydrogen-bond donors (Lipinski definition) is 0. The fourth-order valence-corrected chi connectivity index (χ4v) is 2.14. The van der Waals surface area contributed by atoms with Gasteiger partial charge in [0.25, 0.3) is 0 Å². The molecule has 0 unspecified atom stereocenters. The Hall–Kier alpha value is -3.09. The molecule has 0 spiro atoms. The highest BCUT2D eigenvalue weighted by atomic mass is 19.4. The molecule has 1 heterocycles. The van der Waals surface area contributed by atoms with Crippen LogP contribution in [-0.4, -0.2) is 4.98 Å². The first-order valence-corrected chi connectivity index (χ1v) is 7.59. The molecule has 1 aromatic heterocycles. The minimum atomic E-state index is -4.58. The maximum atomic E-state index is 13.8. The lowest BCUT2D eigenvalue weighted by atomic mass is 10.1. The molecule has 0 saturated carbocycles. The second kappa shape index (κ2) is 7.43. The molecule has 0 radical (unpaired) electrons. The molecule has 3 rings (SSSR count). The van der Waals surface area contributed by atoms with Crippen LogP contribution in [0.4, 0.5) is 17.6 Å². The molecular weight excluding hydrogens is 350 g/mol. The van der Waals surface area contributed by atoms with Gasteiger partial charge in [-0.25, -0.2) is 9.37 Å². The van der Waals surface area contributed by atoms with Gasteiger partial charge in [0.05, 0.1) is 5.56 Å². The van der Waals surface area contributed by atoms with Crippen molar-refractivity contribution in [3.05, 3.63) is 83.3 Å². The first-order chi connectivity index (χ1) is 12.4. The second-order valence-electron chi connectivity index (χ2n) is 5.35. The predicted molar refractivity (Wildman–Crippen MR) is 87.6 cm³/mol. The lowest BCUT2D eigenvalue weighted by Gasteiger charge is -2.07. The van der Waals surface area contributed by atoms with Crippen LogP contribution in [0.25, 0.3) is 12.2 Å². The molecule has 0 aliphatic heterocycles. The standard InChI is InChI=1S/C19H13F4NO2/c20-17-10-14(19(21,22)23)8-6-13(17)7-9-18-24-15(12-26-18)11-25-16-4-2-1-3-5-16/h1-10,12H,11H2/b9-7+. The SMILES string of the molecule is Fc1cc(C(F)(F)F)ccc1/C=C/c1nc(COc2ccccc2)co1. The summed E-state index contributed by atoms with van der Waals surface area (Å²) in [5.41, 5.74) is -0.511. The van der Waals surface area contributed by atoms with Gasteiger partial charge in [0.15, 0.2) is 0 Å². The molecule has 0 aliphatic rings. The third kappa shape index (κ3) is 4.50. The van der Waals surface area contributed by atoms with Crippen molar-refractivity contribution >= 4 is 12.2 Å². The largest absolute Gasteiger partial charge is 0.487 e. The Morgan fingerprint density at radius 1 is 1.04 bits per heavy atom. The number of alkyl halides is 3. The number of rotatable bonds is 5. The monoisotopic (exact) mass is 363 g/mol. The molecule has 0 fully saturated rings. The van der Waals surface area contributed by atoms with Crippen LogP contribution < -0.4 is 4.74 Å². The van der Waals surface area contributed by atoms with Crippen LogP contribution in [-0.2, 0) is 12.8 Å². The normalized spacial score (nSPS) is 11.8. The Morgan fingerprint density at radius 3 is 2.50 bits per heavy atom. The van der Waals surface area contributed by atoms with Crippen LogP contribution >= 0.6 is 0 Å². The summed E-state index contributed by atoms with van der Waals surface area (Å²) in [6, 6.07) is 11.5. The Balaban J connectivity index is 1.65. The molecule has 134 valence electrons. The lowest BCUT2D eigenvalue weighted by Crippen LogP contribution is -2.05. The average molecular weight is 363 g/mol. The van der Waals surface area contributed by atoms with Crippen LogP contribution in [0.5, 0.6) is 5.75 Å². The van der Waals surface area contributed by atoms with E-state index in [0.717, 1.165) is 12.1 Å². The number of aromatic nitrogens is 1. The summed E-state index contributed by atoms with van der Waals surface area (Å²) in [6.07, 6.45) is -0.522. The first kappa shape index (κ1) is 17.7. The number of benzene rings is 2. The van der Waals surface area contributed by atoms with E-state index in [-0.39, 0.29) is 18.1 Å². The van der Waals surface area contributed by atoms with Gasteiger partial charge in [-0.1, -0.05) is 24.3 Å². The van der Waals surface area contributed by atoms with Crippen LogP contribution in [0, 0.1) is 5.82 Å². The number of halogens is 4. The summed E-state index contributed by atoms with van der Waals surface area (Å²) in [5, 5.41) is 0. The van der Waals surface area contributed by atoms with Crippen molar-refractivity contribution in [1.82, 2.24) is 4.98 Å². The van der Waals surface area contributed by atoms with Crippen LogP contribution in [0.2, 0.25) is 0 Å². The Morgan fingerprint density at radius 2 is 1.81 bits per heavy atom. The lowest BCUT2D eigenvalue weighted by molar-refractivity contribution is -0.137. The van der Waals surface area contributed by atoms with E-state index in [9.17, 15) is 17.6 Å². The number of ether oxygens (including phenoxy) is 1. The summed E-state index contributed by atoms with van der Waals surface area (Å²) in [4.78, 5) is 4.15. The number of nitrogens with zero attached hydrogens (tertiary/aromatic N) is 1. The average Bonchev–Trinajstić information content (AvgIpc) is 3.07. The van der Waals surface area contributed by atoms with Crippen molar-refractivity contribution in [2.75, 3.05) is 0 Å². The molecule has 0 atom stereocenters. The van der Waals surface area contributed by atoms with Gasteiger partial charge >= 0.3 is 6.18 Å². The van der Waals surface area contributed by atoms with E-state index < -0.39 is 17.6 Å². The molecule has 0 bridgehead atoms. The third-order valence-electron chi connectivity index (χ3n) is 3.43. The molecule has 2 aromatic carbocycles. The van der Waals surface area contributed by atoms with Gasteiger partial charge in [-0.2, -0.15) is 13.2 Å². The van der Waals surface area contributed by atoms with Gasteiger partial charge < -0.3 is 9.15 Å². The maximum absolute atomic E-state index is 13.8.